The van der Waals surface area contributed by atoms with Crippen LogP contribution in [-0.2, 0) is 9.47 Å². The first kappa shape index (κ1) is 11.9. The zero-order valence-corrected chi connectivity index (χ0v) is 11.1. The Bertz CT molecular complexity index is 273. The van der Waals surface area contributed by atoms with E-state index in [2.05, 4.69) is 19.2 Å². The van der Waals surface area contributed by atoms with Crippen molar-refractivity contribution in [1.29, 1.82) is 0 Å². The minimum absolute atomic E-state index is 0.309. The molecule has 0 radical (unpaired) electrons. The summed E-state index contributed by atoms with van der Waals surface area (Å²) in [4.78, 5) is 0. The van der Waals surface area contributed by atoms with E-state index in [1.165, 1.54) is 25.7 Å². The molecule has 3 unspecified atom stereocenters. The van der Waals surface area contributed by atoms with Crippen LogP contribution in [0.15, 0.2) is 0 Å². The second kappa shape index (κ2) is 4.52. The van der Waals surface area contributed by atoms with Crippen molar-refractivity contribution in [2.75, 3.05) is 19.8 Å². The Morgan fingerprint density at radius 1 is 1.06 bits per heavy atom. The average Bonchev–Trinajstić information content (AvgIpc) is 2.37. The molecular formula is C14H25NO2. The van der Waals surface area contributed by atoms with Gasteiger partial charge in [-0.25, -0.2) is 0 Å². The van der Waals surface area contributed by atoms with Crippen LogP contribution >= 0.6 is 0 Å². The molecule has 3 heteroatoms. The smallest absolute Gasteiger partial charge is 0.0684 e. The predicted molar refractivity (Wildman–Crippen MR) is 67.0 cm³/mol. The van der Waals surface area contributed by atoms with Crippen LogP contribution in [0.3, 0.4) is 0 Å². The molecule has 3 rings (SSSR count). The molecule has 2 saturated heterocycles. The average molecular weight is 239 g/mol. The van der Waals surface area contributed by atoms with Gasteiger partial charge in [-0.15, -0.1) is 0 Å². The normalized spacial score (nSPS) is 41.6. The molecule has 98 valence electrons. The van der Waals surface area contributed by atoms with Crippen molar-refractivity contribution >= 4 is 0 Å². The van der Waals surface area contributed by atoms with Crippen molar-refractivity contribution in [3.8, 4) is 0 Å². The predicted octanol–water partition coefficient (Wildman–Crippen LogP) is 1.96. The van der Waals surface area contributed by atoms with Gasteiger partial charge in [-0.2, -0.15) is 0 Å². The second-order valence-electron chi connectivity index (χ2n) is 6.45. The van der Waals surface area contributed by atoms with E-state index in [9.17, 15) is 0 Å². The highest BCUT2D eigenvalue weighted by Crippen LogP contribution is 2.51. The lowest BCUT2D eigenvalue weighted by molar-refractivity contribution is -0.195. The molecule has 3 aliphatic rings. The summed E-state index contributed by atoms with van der Waals surface area (Å²) in [5.74, 6) is 0.751. The van der Waals surface area contributed by atoms with E-state index >= 15 is 0 Å². The zero-order chi connectivity index (χ0) is 11.9. The molecule has 0 bridgehead atoms. The third-order valence-electron chi connectivity index (χ3n) is 4.97. The van der Waals surface area contributed by atoms with Gasteiger partial charge in [-0.1, -0.05) is 13.8 Å². The highest BCUT2D eigenvalue weighted by Gasteiger charge is 2.57. The van der Waals surface area contributed by atoms with Gasteiger partial charge in [-0.05, 0) is 25.7 Å². The Balaban J connectivity index is 1.61. The Morgan fingerprint density at radius 2 is 1.82 bits per heavy atom. The second-order valence-corrected chi connectivity index (χ2v) is 6.45. The molecule has 1 N–H and O–H groups in total. The monoisotopic (exact) mass is 239 g/mol. The highest BCUT2D eigenvalue weighted by atomic mass is 16.5. The van der Waals surface area contributed by atoms with Crippen molar-refractivity contribution in [2.45, 2.75) is 57.7 Å². The number of nitrogens with one attached hydrogen (secondary N) is 1. The van der Waals surface area contributed by atoms with Crippen LogP contribution < -0.4 is 5.32 Å². The molecule has 1 saturated carbocycles. The highest BCUT2D eigenvalue weighted by molar-refractivity contribution is 5.10. The summed E-state index contributed by atoms with van der Waals surface area (Å²) in [6.07, 6.45) is 5.42. The van der Waals surface area contributed by atoms with Crippen LogP contribution in [0.5, 0.6) is 0 Å². The maximum Gasteiger partial charge on any atom is 0.0684 e. The van der Waals surface area contributed by atoms with Crippen molar-refractivity contribution in [2.24, 2.45) is 11.3 Å². The SMILES string of the molecule is CC1(C)C(NC2CCOCC2)C2CCCOC21. The molecule has 3 nitrogen and oxygen atoms in total. The number of rotatable bonds is 2. The van der Waals surface area contributed by atoms with E-state index in [1.54, 1.807) is 0 Å². The van der Waals surface area contributed by atoms with Crippen LogP contribution in [0.4, 0.5) is 0 Å². The molecule has 3 atom stereocenters. The summed E-state index contributed by atoms with van der Waals surface area (Å²) in [5.41, 5.74) is 0.309. The van der Waals surface area contributed by atoms with Crippen molar-refractivity contribution in [3.05, 3.63) is 0 Å². The lowest BCUT2D eigenvalue weighted by atomic mass is 9.55. The van der Waals surface area contributed by atoms with Gasteiger partial charge in [0.2, 0.25) is 0 Å². The molecule has 0 spiro atoms. The first-order valence-electron chi connectivity index (χ1n) is 7.15. The van der Waals surface area contributed by atoms with Gasteiger partial charge in [0.25, 0.3) is 0 Å². The van der Waals surface area contributed by atoms with E-state index in [0.29, 0.717) is 23.6 Å². The van der Waals surface area contributed by atoms with Gasteiger partial charge in [0.1, 0.15) is 0 Å². The van der Waals surface area contributed by atoms with Crippen molar-refractivity contribution < 1.29 is 9.47 Å². The standard InChI is InChI=1S/C14H25NO2/c1-14(2)12(11-4-3-7-17-13(11)14)15-10-5-8-16-9-6-10/h10-13,15H,3-9H2,1-2H3. The molecule has 3 fully saturated rings. The largest absolute Gasteiger partial charge is 0.381 e. The minimum atomic E-state index is 0.309. The van der Waals surface area contributed by atoms with E-state index in [4.69, 9.17) is 9.47 Å². The van der Waals surface area contributed by atoms with Gasteiger partial charge < -0.3 is 14.8 Å². The molecule has 17 heavy (non-hydrogen) atoms. The quantitative estimate of drug-likeness (QED) is 0.799. The number of fused-ring (bicyclic) bond motifs is 1. The summed E-state index contributed by atoms with van der Waals surface area (Å²) >= 11 is 0. The topological polar surface area (TPSA) is 30.5 Å². The fourth-order valence-electron chi connectivity index (χ4n) is 3.98. The van der Waals surface area contributed by atoms with Crippen molar-refractivity contribution in [3.63, 3.8) is 0 Å². The van der Waals surface area contributed by atoms with Gasteiger partial charge in [-0.3, -0.25) is 0 Å². The third-order valence-corrected chi connectivity index (χ3v) is 4.97. The Hall–Kier alpha value is -0.120. The Morgan fingerprint density at radius 3 is 2.59 bits per heavy atom. The maximum atomic E-state index is 5.95. The molecular weight excluding hydrogens is 214 g/mol. The molecule has 2 aliphatic heterocycles. The molecule has 2 heterocycles. The molecule has 0 aromatic heterocycles. The third kappa shape index (κ3) is 2.02. The van der Waals surface area contributed by atoms with Gasteiger partial charge in [0.05, 0.1) is 6.10 Å². The molecule has 0 aromatic carbocycles. The fourth-order valence-corrected chi connectivity index (χ4v) is 3.98. The lowest BCUT2D eigenvalue weighted by Gasteiger charge is -2.61. The van der Waals surface area contributed by atoms with E-state index in [0.717, 1.165) is 25.7 Å². The fraction of sp³-hybridized carbons (Fsp3) is 1.00. The van der Waals surface area contributed by atoms with E-state index in [1.807, 2.05) is 0 Å². The first-order chi connectivity index (χ1) is 8.19. The molecule has 1 aliphatic carbocycles. The summed E-state index contributed by atoms with van der Waals surface area (Å²) in [6, 6.07) is 1.31. The summed E-state index contributed by atoms with van der Waals surface area (Å²) in [5, 5.41) is 3.88. The molecule has 0 amide bonds. The Labute approximate surface area is 104 Å². The Kier molecular flexibility index (Phi) is 3.18. The number of ether oxygens (including phenoxy) is 2. The lowest BCUT2D eigenvalue weighted by Crippen LogP contribution is -2.70. The zero-order valence-electron chi connectivity index (χ0n) is 11.1. The first-order valence-corrected chi connectivity index (χ1v) is 7.15. The van der Waals surface area contributed by atoms with Crippen LogP contribution in [0.25, 0.3) is 0 Å². The van der Waals surface area contributed by atoms with E-state index < -0.39 is 0 Å². The molecule has 0 aromatic rings. The minimum Gasteiger partial charge on any atom is -0.381 e. The van der Waals surface area contributed by atoms with Crippen LogP contribution in [0, 0.1) is 11.3 Å². The number of hydrogen-bond acceptors (Lipinski definition) is 3. The summed E-state index contributed by atoms with van der Waals surface area (Å²) in [6.45, 7) is 7.53. The maximum absolute atomic E-state index is 5.95. The van der Waals surface area contributed by atoms with Crippen LogP contribution in [0.1, 0.15) is 39.5 Å². The van der Waals surface area contributed by atoms with E-state index in [-0.39, 0.29) is 0 Å². The van der Waals surface area contributed by atoms with Crippen molar-refractivity contribution in [1.82, 2.24) is 5.32 Å². The van der Waals surface area contributed by atoms with Crippen LogP contribution in [-0.4, -0.2) is 38.0 Å². The summed E-state index contributed by atoms with van der Waals surface area (Å²) in [7, 11) is 0. The van der Waals surface area contributed by atoms with Crippen LogP contribution in [0.2, 0.25) is 0 Å². The van der Waals surface area contributed by atoms with Gasteiger partial charge >= 0.3 is 0 Å². The number of hydrogen-bond donors (Lipinski definition) is 1. The van der Waals surface area contributed by atoms with Gasteiger partial charge in [0, 0.05) is 43.2 Å². The summed E-state index contributed by atoms with van der Waals surface area (Å²) < 4.78 is 11.4. The van der Waals surface area contributed by atoms with Gasteiger partial charge in [0.15, 0.2) is 0 Å².